The highest BCUT2D eigenvalue weighted by molar-refractivity contribution is 5.85. The van der Waals surface area contributed by atoms with Crippen molar-refractivity contribution in [3.05, 3.63) is 29.8 Å². The average Bonchev–Trinajstić information content (AvgIpc) is 2.92. The third-order valence-electron chi connectivity index (χ3n) is 3.50. The van der Waals surface area contributed by atoms with Crippen molar-refractivity contribution in [2.24, 2.45) is 0 Å². The Bertz CT molecular complexity index is 420. The first-order valence-electron chi connectivity index (χ1n) is 6.91. The van der Waals surface area contributed by atoms with Crippen LogP contribution in [0.1, 0.15) is 24.8 Å². The van der Waals surface area contributed by atoms with Gasteiger partial charge in [-0.1, -0.05) is 18.2 Å². The van der Waals surface area contributed by atoms with E-state index in [1.54, 1.807) is 7.11 Å². The quantitative estimate of drug-likeness (QED) is 0.843. The number of rotatable bonds is 6. The number of methoxy groups -OCH3 is 1. The molecule has 1 saturated heterocycles. The molecule has 1 aromatic rings. The van der Waals surface area contributed by atoms with Gasteiger partial charge in [0.05, 0.1) is 7.11 Å². The molecule has 0 radical (unpaired) electrons. The fourth-order valence-electron chi connectivity index (χ4n) is 2.47. The highest BCUT2D eigenvalue weighted by atomic mass is 35.5. The molecule has 1 aromatic carbocycles. The lowest BCUT2D eigenvalue weighted by atomic mass is 10.1. The molecular formula is C15H23ClN2O2. The molecule has 20 heavy (non-hydrogen) atoms. The van der Waals surface area contributed by atoms with Crippen LogP contribution < -0.4 is 15.4 Å². The van der Waals surface area contributed by atoms with Crippen molar-refractivity contribution >= 4 is 18.3 Å². The monoisotopic (exact) mass is 298 g/mol. The van der Waals surface area contributed by atoms with Crippen LogP contribution in [0.3, 0.4) is 0 Å². The van der Waals surface area contributed by atoms with Gasteiger partial charge >= 0.3 is 0 Å². The Morgan fingerprint density at radius 1 is 1.45 bits per heavy atom. The molecular weight excluding hydrogens is 276 g/mol. The maximum atomic E-state index is 11.8. The van der Waals surface area contributed by atoms with Gasteiger partial charge < -0.3 is 15.4 Å². The van der Waals surface area contributed by atoms with Crippen LogP contribution in [-0.4, -0.2) is 32.1 Å². The van der Waals surface area contributed by atoms with Crippen molar-refractivity contribution in [3.63, 3.8) is 0 Å². The highest BCUT2D eigenvalue weighted by Gasteiger charge is 2.17. The van der Waals surface area contributed by atoms with E-state index in [9.17, 15) is 4.79 Å². The summed E-state index contributed by atoms with van der Waals surface area (Å²) in [7, 11) is 1.67. The molecule has 2 rings (SSSR count). The minimum Gasteiger partial charge on any atom is -0.496 e. The SMILES string of the molecule is COc1ccccc1CCNC(=O)CC1CCCN1.Cl. The number of carbonyl (C=O) groups is 1. The van der Waals surface area contributed by atoms with Crippen molar-refractivity contribution < 1.29 is 9.53 Å². The molecule has 0 aliphatic carbocycles. The van der Waals surface area contributed by atoms with E-state index in [2.05, 4.69) is 10.6 Å². The number of para-hydroxylation sites is 1. The van der Waals surface area contributed by atoms with E-state index in [0.717, 1.165) is 30.7 Å². The lowest BCUT2D eigenvalue weighted by Crippen LogP contribution is -2.32. The summed E-state index contributed by atoms with van der Waals surface area (Å²) in [4.78, 5) is 11.8. The Balaban J connectivity index is 0.00000200. The number of halogens is 1. The van der Waals surface area contributed by atoms with Crippen LogP contribution in [0.15, 0.2) is 24.3 Å². The minimum absolute atomic E-state index is 0. The van der Waals surface area contributed by atoms with Gasteiger partial charge in [0.15, 0.2) is 0 Å². The predicted octanol–water partition coefficient (Wildman–Crippen LogP) is 1.92. The van der Waals surface area contributed by atoms with Crippen LogP contribution in [-0.2, 0) is 11.2 Å². The third-order valence-corrected chi connectivity index (χ3v) is 3.50. The Morgan fingerprint density at radius 3 is 2.95 bits per heavy atom. The van der Waals surface area contributed by atoms with Crippen molar-refractivity contribution in [1.82, 2.24) is 10.6 Å². The number of carbonyl (C=O) groups excluding carboxylic acids is 1. The molecule has 1 unspecified atom stereocenters. The van der Waals surface area contributed by atoms with Crippen molar-refractivity contribution in [2.45, 2.75) is 31.7 Å². The smallest absolute Gasteiger partial charge is 0.221 e. The lowest BCUT2D eigenvalue weighted by Gasteiger charge is -2.11. The van der Waals surface area contributed by atoms with E-state index < -0.39 is 0 Å². The van der Waals surface area contributed by atoms with Gasteiger partial charge in [0, 0.05) is 19.0 Å². The van der Waals surface area contributed by atoms with Crippen LogP contribution in [0.25, 0.3) is 0 Å². The van der Waals surface area contributed by atoms with Crippen LogP contribution in [0.5, 0.6) is 5.75 Å². The number of ether oxygens (including phenoxy) is 1. The van der Waals surface area contributed by atoms with Gasteiger partial charge in [-0.25, -0.2) is 0 Å². The summed E-state index contributed by atoms with van der Waals surface area (Å²) in [5, 5.41) is 6.31. The molecule has 1 atom stereocenters. The summed E-state index contributed by atoms with van der Waals surface area (Å²) in [5.74, 6) is 1.02. The zero-order chi connectivity index (χ0) is 13.5. The molecule has 0 bridgehead atoms. The van der Waals surface area contributed by atoms with E-state index in [0.29, 0.717) is 19.0 Å². The molecule has 1 amide bonds. The Hall–Kier alpha value is -1.26. The number of nitrogens with one attached hydrogen (secondary N) is 2. The number of benzene rings is 1. The van der Waals surface area contributed by atoms with Gasteiger partial charge in [-0.05, 0) is 37.4 Å². The summed E-state index contributed by atoms with van der Waals surface area (Å²) in [5.41, 5.74) is 1.13. The summed E-state index contributed by atoms with van der Waals surface area (Å²) >= 11 is 0. The summed E-state index contributed by atoms with van der Waals surface area (Å²) in [6.07, 6.45) is 3.68. The number of hydrogen-bond acceptors (Lipinski definition) is 3. The topological polar surface area (TPSA) is 50.4 Å². The Labute approximate surface area is 126 Å². The molecule has 1 aliphatic rings. The van der Waals surface area contributed by atoms with Gasteiger partial charge in [0.1, 0.15) is 5.75 Å². The number of amides is 1. The van der Waals surface area contributed by atoms with Crippen LogP contribution >= 0.6 is 12.4 Å². The second-order valence-electron chi connectivity index (χ2n) is 4.91. The molecule has 112 valence electrons. The summed E-state index contributed by atoms with van der Waals surface area (Å²) < 4.78 is 5.29. The Morgan fingerprint density at radius 2 is 2.25 bits per heavy atom. The molecule has 1 fully saturated rings. The number of hydrogen-bond donors (Lipinski definition) is 2. The van der Waals surface area contributed by atoms with Crippen molar-refractivity contribution in [1.29, 1.82) is 0 Å². The van der Waals surface area contributed by atoms with Gasteiger partial charge in [0.2, 0.25) is 5.91 Å². The fourth-order valence-corrected chi connectivity index (χ4v) is 2.47. The largest absolute Gasteiger partial charge is 0.496 e. The summed E-state index contributed by atoms with van der Waals surface area (Å²) in [6.45, 7) is 1.70. The zero-order valence-corrected chi connectivity index (χ0v) is 12.7. The van der Waals surface area contributed by atoms with E-state index in [1.807, 2.05) is 24.3 Å². The molecule has 4 nitrogen and oxygen atoms in total. The maximum Gasteiger partial charge on any atom is 0.221 e. The normalized spacial score (nSPS) is 17.4. The molecule has 0 saturated carbocycles. The first kappa shape index (κ1) is 16.8. The Kier molecular flexibility index (Phi) is 7.41. The zero-order valence-electron chi connectivity index (χ0n) is 11.9. The predicted molar refractivity (Wildman–Crippen MR) is 82.6 cm³/mol. The van der Waals surface area contributed by atoms with Crippen molar-refractivity contribution in [2.75, 3.05) is 20.2 Å². The van der Waals surface area contributed by atoms with E-state index >= 15 is 0 Å². The lowest BCUT2D eigenvalue weighted by molar-refractivity contribution is -0.121. The molecule has 5 heteroatoms. The van der Waals surface area contributed by atoms with Crippen LogP contribution in [0, 0.1) is 0 Å². The van der Waals surface area contributed by atoms with E-state index in [-0.39, 0.29) is 18.3 Å². The van der Waals surface area contributed by atoms with Crippen LogP contribution in [0.4, 0.5) is 0 Å². The first-order valence-corrected chi connectivity index (χ1v) is 6.91. The van der Waals surface area contributed by atoms with Gasteiger partial charge in [0.25, 0.3) is 0 Å². The van der Waals surface area contributed by atoms with E-state index in [4.69, 9.17) is 4.74 Å². The maximum absolute atomic E-state index is 11.8. The van der Waals surface area contributed by atoms with Crippen LogP contribution in [0.2, 0.25) is 0 Å². The highest BCUT2D eigenvalue weighted by Crippen LogP contribution is 2.17. The molecule has 2 N–H and O–H groups in total. The van der Waals surface area contributed by atoms with Gasteiger partial charge in [-0.2, -0.15) is 0 Å². The second-order valence-corrected chi connectivity index (χ2v) is 4.91. The average molecular weight is 299 g/mol. The summed E-state index contributed by atoms with van der Waals surface area (Å²) in [6, 6.07) is 8.28. The molecule has 1 heterocycles. The first-order chi connectivity index (χ1) is 9.29. The molecule has 1 aliphatic heterocycles. The van der Waals surface area contributed by atoms with Gasteiger partial charge in [-0.3, -0.25) is 4.79 Å². The van der Waals surface area contributed by atoms with Gasteiger partial charge in [-0.15, -0.1) is 12.4 Å². The third kappa shape index (κ3) is 5.02. The second kappa shape index (κ2) is 8.82. The standard InChI is InChI=1S/C15H22N2O2.ClH/c1-19-14-7-3-2-5-12(14)8-10-17-15(18)11-13-6-4-9-16-13;/h2-3,5,7,13,16H,4,6,8-11H2,1H3,(H,17,18);1H. The molecule has 0 spiro atoms. The van der Waals surface area contributed by atoms with E-state index in [1.165, 1.54) is 6.42 Å². The fraction of sp³-hybridized carbons (Fsp3) is 0.533. The molecule has 0 aromatic heterocycles. The van der Waals surface area contributed by atoms with Crippen molar-refractivity contribution in [3.8, 4) is 5.75 Å². The minimum atomic E-state index is 0.